The molecule has 106 valence electrons. The van der Waals surface area contributed by atoms with Crippen LogP contribution in [0.15, 0.2) is 0 Å². The normalized spacial score (nSPS) is 15.7. The van der Waals surface area contributed by atoms with Crippen molar-refractivity contribution < 1.29 is 9.53 Å². The number of aromatic nitrogens is 1. The van der Waals surface area contributed by atoms with Gasteiger partial charge >= 0.3 is 5.97 Å². The van der Waals surface area contributed by atoms with E-state index in [1.807, 2.05) is 11.9 Å². The van der Waals surface area contributed by atoms with Gasteiger partial charge in [-0.05, 0) is 25.9 Å². The van der Waals surface area contributed by atoms with Crippen LogP contribution < -0.4 is 4.90 Å². The summed E-state index contributed by atoms with van der Waals surface area (Å²) < 4.78 is 4.67. The van der Waals surface area contributed by atoms with Crippen molar-refractivity contribution >= 4 is 34.0 Å². The monoisotopic (exact) mass is 303 g/mol. The van der Waals surface area contributed by atoms with Gasteiger partial charge in [0.2, 0.25) is 0 Å². The van der Waals surface area contributed by atoms with Gasteiger partial charge in [0.15, 0.2) is 15.2 Å². The van der Waals surface area contributed by atoms with Crippen LogP contribution in [0.25, 0.3) is 0 Å². The Morgan fingerprint density at radius 3 is 2.84 bits per heavy atom. The number of ether oxygens (including phenoxy) is 1. The topological polar surface area (TPSA) is 45.7 Å². The van der Waals surface area contributed by atoms with Gasteiger partial charge in [-0.3, -0.25) is 0 Å². The fourth-order valence-corrected chi connectivity index (χ4v) is 3.25. The molecule has 1 saturated heterocycles. The first-order valence-corrected chi connectivity index (χ1v) is 7.49. The van der Waals surface area contributed by atoms with Gasteiger partial charge in [-0.2, -0.15) is 0 Å². The second kappa shape index (κ2) is 6.54. The fraction of sp³-hybridized carbons (Fsp3) is 0.667. The molecule has 1 aliphatic heterocycles. The lowest BCUT2D eigenvalue weighted by Crippen LogP contribution is -2.31. The van der Waals surface area contributed by atoms with Gasteiger partial charge in [-0.1, -0.05) is 22.9 Å². The van der Waals surface area contributed by atoms with Crippen LogP contribution in [0.4, 0.5) is 5.13 Å². The number of likely N-dealkylation sites (N-methyl/N-ethyl adjacent to an activating group) is 1. The van der Waals surface area contributed by atoms with Crippen molar-refractivity contribution in [1.29, 1.82) is 0 Å². The van der Waals surface area contributed by atoms with E-state index in [4.69, 9.17) is 11.6 Å². The summed E-state index contributed by atoms with van der Waals surface area (Å²) in [6, 6.07) is 0. The van der Waals surface area contributed by atoms with Crippen LogP contribution in [0.3, 0.4) is 0 Å². The Balaban J connectivity index is 1.94. The molecule has 0 unspecified atom stereocenters. The zero-order valence-corrected chi connectivity index (χ0v) is 12.8. The molecule has 0 bridgehead atoms. The van der Waals surface area contributed by atoms with E-state index in [2.05, 4.69) is 14.6 Å². The maximum Gasteiger partial charge on any atom is 0.351 e. The summed E-state index contributed by atoms with van der Waals surface area (Å²) in [7, 11) is 3.31. The van der Waals surface area contributed by atoms with Crippen LogP contribution in [-0.2, 0) is 4.74 Å². The van der Waals surface area contributed by atoms with Crippen molar-refractivity contribution in [2.45, 2.75) is 12.8 Å². The molecule has 0 radical (unpaired) electrons. The molecule has 0 N–H and O–H groups in total. The minimum absolute atomic E-state index is 0.222. The highest BCUT2D eigenvalue weighted by molar-refractivity contribution is 7.18. The highest BCUT2D eigenvalue weighted by Gasteiger charge is 2.19. The van der Waals surface area contributed by atoms with E-state index in [9.17, 15) is 4.79 Å². The van der Waals surface area contributed by atoms with E-state index in [1.54, 1.807) is 0 Å². The lowest BCUT2D eigenvalue weighted by atomic mass is 10.4. The van der Waals surface area contributed by atoms with Gasteiger partial charge in [-0.15, -0.1) is 0 Å². The van der Waals surface area contributed by atoms with Crippen LogP contribution in [0.1, 0.15) is 22.5 Å². The summed E-state index contributed by atoms with van der Waals surface area (Å²) in [4.78, 5) is 20.5. The first-order valence-electron chi connectivity index (χ1n) is 6.30. The maximum absolute atomic E-state index is 11.5. The molecule has 0 saturated carbocycles. The second-order valence-corrected chi connectivity index (χ2v) is 5.91. The summed E-state index contributed by atoms with van der Waals surface area (Å²) >= 11 is 7.22. The number of esters is 1. The number of hydrogen-bond acceptors (Lipinski definition) is 6. The largest absolute Gasteiger partial charge is 0.465 e. The molecule has 1 fully saturated rings. The number of hydrogen-bond donors (Lipinski definition) is 0. The average Bonchev–Trinajstić information content (AvgIpc) is 3.04. The molecular weight excluding hydrogens is 286 g/mol. The maximum atomic E-state index is 11.5. The predicted molar refractivity (Wildman–Crippen MR) is 77.4 cm³/mol. The number of methoxy groups -OCH3 is 1. The van der Waals surface area contributed by atoms with E-state index < -0.39 is 5.97 Å². The van der Waals surface area contributed by atoms with Crippen LogP contribution in [0.5, 0.6) is 0 Å². The van der Waals surface area contributed by atoms with Crippen molar-refractivity contribution in [3.63, 3.8) is 0 Å². The summed E-state index contributed by atoms with van der Waals surface area (Å²) in [5, 5.41) is 0.976. The van der Waals surface area contributed by atoms with Gasteiger partial charge < -0.3 is 14.5 Å². The number of rotatable bonds is 5. The first kappa shape index (κ1) is 14.6. The zero-order valence-electron chi connectivity index (χ0n) is 11.2. The SMILES string of the molecule is COC(=O)c1sc(N(C)CCN2CCCC2)nc1Cl. The molecule has 0 aliphatic carbocycles. The minimum Gasteiger partial charge on any atom is -0.465 e. The number of thiazole rings is 1. The quantitative estimate of drug-likeness (QED) is 0.780. The van der Waals surface area contributed by atoms with Crippen molar-refractivity contribution in [3.8, 4) is 0 Å². The molecule has 7 heteroatoms. The Labute approximate surface area is 122 Å². The van der Waals surface area contributed by atoms with Gasteiger partial charge in [-0.25, -0.2) is 9.78 Å². The summed E-state index contributed by atoms with van der Waals surface area (Å²) in [6.45, 7) is 4.26. The highest BCUT2D eigenvalue weighted by Crippen LogP contribution is 2.29. The van der Waals surface area contributed by atoms with Gasteiger partial charge in [0.25, 0.3) is 0 Å². The fourth-order valence-electron chi connectivity index (χ4n) is 2.07. The Hall–Kier alpha value is -0.850. The predicted octanol–water partition coefficient (Wildman–Crippen LogP) is 2.12. The van der Waals surface area contributed by atoms with Gasteiger partial charge in [0, 0.05) is 20.1 Å². The van der Waals surface area contributed by atoms with E-state index >= 15 is 0 Å². The Morgan fingerprint density at radius 1 is 1.53 bits per heavy atom. The van der Waals surface area contributed by atoms with Crippen LogP contribution in [0.2, 0.25) is 5.15 Å². The van der Waals surface area contributed by atoms with Crippen molar-refractivity contribution in [1.82, 2.24) is 9.88 Å². The molecule has 5 nitrogen and oxygen atoms in total. The van der Waals surface area contributed by atoms with Crippen molar-refractivity contribution in [2.75, 3.05) is 45.2 Å². The number of anilines is 1. The molecule has 19 heavy (non-hydrogen) atoms. The highest BCUT2D eigenvalue weighted by atomic mass is 35.5. The van der Waals surface area contributed by atoms with E-state index in [0.29, 0.717) is 4.88 Å². The number of halogens is 1. The molecule has 0 aromatic carbocycles. The van der Waals surface area contributed by atoms with Crippen LogP contribution in [-0.4, -0.2) is 56.2 Å². The van der Waals surface area contributed by atoms with Crippen LogP contribution >= 0.6 is 22.9 Å². The number of likely N-dealkylation sites (tertiary alicyclic amines) is 1. The summed E-state index contributed by atoms with van der Waals surface area (Å²) in [5.74, 6) is -0.429. The third-order valence-corrected chi connectivity index (χ3v) is 4.76. The zero-order chi connectivity index (χ0) is 13.8. The average molecular weight is 304 g/mol. The molecule has 0 spiro atoms. The van der Waals surface area contributed by atoms with E-state index in [0.717, 1.165) is 18.2 Å². The molecule has 1 aromatic heterocycles. The molecule has 0 atom stereocenters. The van der Waals surface area contributed by atoms with Gasteiger partial charge in [0.05, 0.1) is 7.11 Å². The van der Waals surface area contributed by atoms with Crippen molar-refractivity contribution in [3.05, 3.63) is 10.0 Å². The molecule has 2 rings (SSSR count). The summed E-state index contributed by atoms with van der Waals surface area (Å²) in [5.41, 5.74) is 0. The van der Waals surface area contributed by atoms with Crippen molar-refractivity contribution in [2.24, 2.45) is 0 Å². The molecule has 0 amide bonds. The molecular formula is C12H18ClN3O2S. The number of nitrogens with zero attached hydrogens (tertiary/aromatic N) is 3. The molecule has 1 aliphatic rings. The third kappa shape index (κ3) is 3.58. The van der Waals surface area contributed by atoms with Crippen LogP contribution in [0, 0.1) is 0 Å². The summed E-state index contributed by atoms with van der Waals surface area (Å²) in [6.07, 6.45) is 2.58. The molecule has 1 aromatic rings. The van der Waals surface area contributed by atoms with Gasteiger partial charge in [0.1, 0.15) is 0 Å². The molecule has 2 heterocycles. The second-order valence-electron chi connectivity index (χ2n) is 4.58. The Kier molecular flexibility index (Phi) is 5.01. The third-order valence-electron chi connectivity index (χ3n) is 3.22. The number of carbonyl (C=O) groups excluding carboxylic acids is 1. The van der Waals surface area contributed by atoms with E-state index in [-0.39, 0.29) is 5.15 Å². The van der Waals surface area contributed by atoms with E-state index in [1.165, 1.54) is 44.4 Å². The smallest absolute Gasteiger partial charge is 0.351 e. The first-order chi connectivity index (χ1) is 9.11. The lowest BCUT2D eigenvalue weighted by Gasteiger charge is -2.20. The Bertz CT molecular complexity index is 446. The lowest BCUT2D eigenvalue weighted by molar-refractivity contribution is 0.0606. The number of carbonyl (C=O) groups is 1. The minimum atomic E-state index is -0.429. The standard InChI is InChI=1S/C12H18ClN3O2S/c1-15(7-8-16-5-3-4-6-16)12-14-10(13)9(19-12)11(17)18-2/h3-8H2,1-2H3. The Morgan fingerprint density at radius 2 is 2.21 bits per heavy atom.